The molecule has 7 heteroatoms. The molecule has 156 valence electrons. The molecule has 0 saturated heterocycles. The zero-order chi connectivity index (χ0) is 21.8. The number of carbonyl (C=O) groups excluding carboxylic acids is 3. The summed E-state index contributed by atoms with van der Waals surface area (Å²) >= 11 is 0. The number of ketones is 1. The summed E-state index contributed by atoms with van der Waals surface area (Å²) in [4.78, 5) is 42.4. The van der Waals surface area contributed by atoms with Gasteiger partial charge in [-0.25, -0.2) is 0 Å². The van der Waals surface area contributed by atoms with Crippen LogP contribution in [0.1, 0.15) is 38.8 Å². The van der Waals surface area contributed by atoms with Gasteiger partial charge in [0.05, 0.1) is 12.2 Å². The highest BCUT2D eigenvalue weighted by Crippen LogP contribution is 2.34. The number of carbonyl (C=O) groups is 3. The molecule has 0 spiro atoms. The van der Waals surface area contributed by atoms with Crippen molar-refractivity contribution >= 4 is 23.3 Å². The lowest BCUT2D eigenvalue weighted by molar-refractivity contribution is -0.121. The van der Waals surface area contributed by atoms with Crippen LogP contribution in [0.25, 0.3) is 0 Å². The predicted octanol–water partition coefficient (Wildman–Crippen LogP) is 3.14. The minimum absolute atomic E-state index is 0.0709. The lowest BCUT2D eigenvalue weighted by Crippen LogP contribution is -2.38. The molecule has 0 saturated carbocycles. The van der Waals surface area contributed by atoms with Crippen molar-refractivity contribution in [1.29, 1.82) is 0 Å². The zero-order valence-corrected chi connectivity index (χ0v) is 17.0. The van der Waals surface area contributed by atoms with Crippen LogP contribution in [0.3, 0.4) is 0 Å². The SMILES string of the molecule is CC(=O)c1ccc2c(c1)N(Cc1cccc(C(=O)NCc3ccncc3)c1)C(=O)CO2. The molecule has 0 fully saturated rings. The van der Waals surface area contributed by atoms with Gasteiger partial charge in [0.2, 0.25) is 0 Å². The van der Waals surface area contributed by atoms with E-state index in [0.29, 0.717) is 29.1 Å². The number of Topliss-reactive ketones (excluding diaryl/α,β-unsaturated/α-hetero) is 1. The van der Waals surface area contributed by atoms with Gasteiger partial charge < -0.3 is 15.0 Å². The molecule has 31 heavy (non-hydrogen) atoms. The molecule has 1 N–H and O–H groups in total. The van der Waals surface area contributed by atoms with E-state index in [2.05, 4.69) is 10.3 Å². The van der Waals surface area contributed by atoms with E-state index in [-0.39, 0.29) is 30.7 Å². The van der Waals surface area contributed by atoms with Crippen molar-refractivity contribution in [2.24, 2.45) is 0 Å². The van der Waals surface area contributed by atoms with E-state index in [0.717, 1.165) is 11.1 Å². The molecule has 0 atom stereocenters. The van der Waals surface area contributed by atoms with Gasteiger partial charge in [0.15, 0.2) is 12.4 Å². The normalized spacial score (nSPS) is 12.7. The number of rotatable bonds is 6. The number of hydrogen-bond donors (Lipinski definition) is 1. The number of nitrogens with one attached hydrogen (secondary N) is 1. The Morgan fingerprint density at radius 1 is 1.03 bits per heavy atom. The van der Waals surface area contributed by atoms with Gasteiger partial charge in [-0.1, -0.05) is 12.1 Å². The fraction of sp³-hybridized carbons (Fsp3) is 0.167. The average molecular weight is 415 g/mol. The summed E-state index contributed by atoms with van der Waals surface area (Å²) in [5, 5.41) is 2.89. The maximum absolute atomic E-state index is 12.6. The van der Waals surface area contributed by atoms with Crippen molar-refractivity contribution in [3.63, 3.8) is 0 Å². The van der Waals surface area contributed by atoms with Crippen molar-refractivity contribution < 1.29 is 19.1 Å². The van der Waals surface area contributed by atoms with Crippen LogP contribution in [-0.4, -0.2) is 29.2 Å². The molecule has 1 aliphatic heterocycles. The third-order valence-electron chi connectivity index (χ3n) is 5.04. The molecule has 4 rings (SSSR count). The quantitative estimate of drug-likeness (QED) is 0.625. The summed E-state index contributed by atoms with van der Waals surface area (Å²) in [6.45, 7) is 2.07. The highest BCUT2D eigenvalue weighted by Gasteiger charge is 2.26. The van der Waals surface area contributed by atoms with Crippen LogP contribution >= 0.6 is 0 Å². The Kier molecular flexibility index (Phi) is 5.75. The molecule has 2 heterocycles. The van der Waals surface area contributed by atoms with E-state index < -0.39 is 0 Å². The molecule has 2 aromatic carbocycles. The van der Waals surface area contributed by atoms with Crippen LogP contribution in [0.5, 0.6) is 5.75 Å². The second-order valence-electron chi connectivity index (χ2n) is 7.25. The number of ether oxygens (including phenoxy) is 1. The molecule has 2 amide bonds. The fourth-order valence-electron chi connectivity index (χ4n) is 3.37. The fourth-order valence-corrected chi connectivity index (χ4v) is 3.37. The highest BCUT2D eigenvalue weighted by atomic mass is 16.5. The van der Waals surface area contributed by atoms with Crippen molar-refractivity contribution in [2.45, 2.75) is 20.0 Å². The topological polar surface area (TPSA) is 88.6 Å². The summed E-state index contributed by atoms with van der Waals surface area (Å²) in [6, 6.07) is 15.9. The molecule has 0 unspecified atom stereocenters. The number of benzene rings is 2. The van der Waals surface area contributed by atoms with Crippen molar-refractivity contribution in [3.05, 3.63) is 89.2 Å². The van der Waals surface area contributed by atoms with Crippen molar-refractivity contribution in [3.8, 4) is 5.75 Å². The lowest BCUT2D eigenvalue weighted by Gasteiger charge is -2.30. The van der Waals surface area contributed by atoms with E-state index in [9.17, 15) is 14.4 Å². The molecule has 0 radical (unpaired) electrons. The first-order valence-corrected chi connectivity index (χ1v) is 9.85. The second-order valence-corrected chi connectivity index (χ2v) is 7.25. The van der Waals surface area contributed by atoms with Crippen LogP contribution in [0.15, 0.2) is 67.0 Å². The van der Waals surface area contributed by atoms with Gasteiger partial charge in [0.25, 0.3) is 11.8 Å². The minimum atomic E-state index is -0.208. The zero-order valence-electron chi connectivity index (χ0n) is 17.0. The van der Waals surface area contributed by atoms with E-state index in [1.54, 1.807) is 53.7 Å². The van der Waals surface area contributed by atoms with E-state index in [4.69, 9.17) is 4.74 Å². The Balaban J connectivity index is 1.52. The molecule has 1 aliphatic rings. The van der Waals surface area contributed by atoms with Crippen LogP contribution < -0.4 is 15.0 Å². The van der Waals surface area contributed by atoms with Crippen LogP contribution in [-0.2, 0) is 17.9 Å². The highest BCUT2D eigenvalue weighted by molar-refractivity contribution is 6.01. The maximum Gasteiger partial charge on any atom is 0.265 e. The average Bonchev–Trinajstić information content (AvgIpc) is 2.80. The van der Waals surface area contributed by atoms with Crippen LogP contribution in [0.4, 0.5) is 5.69 Å². The Hall–Kier alpha value is -4.00. The molecular formula is C24H21N3O4. The summed E-state index contributed by atoms with van der Waals surface area (Å²) in [5.74, 6) is 0.0523. The standard InChI is InChI=1S/C24H21N3O4/c1-16(28)19-5-6-22-21(12-19)27(23(29)15-31-22)14-18-3-2-4-20(11-18)24(30)26-13-17-7-9-25-10-8-17/h2-12H,13-15H2,1H3,(H,26,30). The lowest BCUT2D eigenvalue weighted by atomic mass is 10.1. The van der Waals surface area contributed by atoms with E-state index >= 15 is 0 Å². The first kappa shape index (κ1) is 20.3. The van der Waals surface area contributed by atoms with Gasteiger partial charge in [-0.2, -0.15) is 0 Å². The first-order valence-electron chi connectivity index (χ1n) is 9.85. The van der Waals surface area contributed by atoms with Gasteiger partial charge in [0, 0.05) is 30.1 Å². The molecule has 1 aromatic heterocycles. The number of fused-ring (bicyclic) bond motifs is 1. The predicted molar refractivity (Wildman–Crippen MR) is 115 cm³/mol. The Morgan fingerprint density at radius 2 is 1.84 bits per heavy atom. The van der Waals surface area contributed by atoms with Gasteiger partial charge in [-0.15, -0.1) is 0 Å². The number of hydrogen-bond acceptors (Lipinski definition) is 5. The molecule has 3 aromatic rings. The van der Waals surface area contributed by atoms with Gasteiger partial charge in [0.1, 0.15) is 5.75 Å². The van der Waals surface area contributed by atoms with Gasteiger partial charge in [-0.3, -0.25) is 19.4 Å². The first-order chi connectivity index (χ1) is 15.0. The number of pyridine rings is 1. The summed E-state index contributed by atoms with van der Waals surface area (Å²) in [5.41, 5.74) is 3.31. The van der Waals surface area contributed by atoms with Gasteiger partial charge in [-0.05, 0) is 60.5 Å². The van der Waals surface area contributed by atoms with Crippen molar-refractivity contribution in [1.82, 2.24) is 10.3 Å². The summed E-state index contributed by atoms with van der Waals surface area (Å²) in [6.07, 6.45) is 3.35. The summed E-state index contributed by atoms with van der Waals surface area (Å²) in [7, 11) is 0. The Morgan fingerprint density at radius 3 is 2.61 bits per heavy atom. The van der Waals surface area contributed by atoms with Gasteiger partial charge >= 0.3 is 0 Å². The number of amides is 2. The smallest absolute Gasteiger partial charge is 0.265 e. The molecule has 0 aliphatic carbocycles. The summed E-state index contributed by atoms with van der Waals surface area (Å²) < 4.78 is 5.50. The molecular weight excluding hydrogens is 394 g/mol. The maximum atomic E-state index is 12.6. The minimum Gasteiger partial charge on any atom is -0.482 e. The largest absolute Gasteiger partial charge is 0.482 e. The monoisotopic (exact) mass is 415 g/mol. The third-order valence-corrected chi connectivity index (χ3v) is 5.04. The molecule has 7 nitrogen and oxygen atoms in total. The van der Waals surface area contributed by atoms with Crippen LogP contribution in [0, 0.1) is 0 Å². The number of nitrogens with zero attached hydrogens (tertiary/aromatic N) is 2. The van der Waals surface area contributed by atoms with Crippen molar-refractivity contribution in [2.75, 3.05) is 11.5 Å². The third kappa shape index (κ3) is 4.61. The second kappa shape index (κ2) is 8.79. The molecule has 0 bridgehead atoms. The van der Waals surface area contributed by atoms with E-state index in [1.807, 2.05) is 18.2 Å². The van der Waals surface area contributed by atoms with E-state index in [1.165, 1.54) is 6.92 Å². The number of aromatic nitrogens is 1. The Labute approximate surface area is 179 Å². The Bertz CT molecular complexity index is 1140. The number of anilines is 1. The van der Waals surface area contributed by atoms with Crippen LogP contribution in [0.2, 0.25) is 0 Å².